The fraction of sp³-hybridized carbons (Fsp3) is 0.459. The van der Waals surface area contributed by atoms with Crippen molar-refractivity contribution in [2.24, 2.45) is 11.8 Å². The number of ether oxygens (including phenoxy) is 2. The monoisotopic (exact) mass is 684 g/mol. The summed E-state index contributed by atoms with van der Waals surface area (Å²) in [5.74, 6) is -3.21. The van der Waals surface area contributed by atoms with Gasteiger partial charge < -0.3 is 29.7 Å². The summed E-state index contributed by atoms with van der Waals surface area (Å²) in [7, 11) is 0. The second kappa shape index (κ2) is 15.3. The number of likely N-dealkylation sites (tertiary alicyclic amines) is 1. The number of para-hydroxylation sites is 1. The Bertz CT molecular complexity index is 1730. The van der Waals surface area contributed by atoms with Crippen LogP contribution in [0.2, 0.25) is 0 Å². The molecule has 0 unspecified atom stereocenters. The molecular formula is C37H44N6O7. The smallest absolute Gasteiger partial charge is 0.306 e. The van der Waals surface area contributed by atoms with Crippen molar-refractivity contribution in [2.75, 3.05) is 26.3 Å². The van der Waals surface area contributed by atoms with E-state index in [0.717, 1.165) is 11.1 Å². The van der Waals surface area contributed by atoms with Gasteiger partial charge in [-0.3, -0.25) is 19.2 Å². The van der Waals surface area contributed by atoms with Crippen LogP contribution in [0.5, 0.6) is 0 Å². The summed E-state index contributed by atoms with van der Waals surface area (Å²) in [6.45, 7) is 7.84. The van der Waals surface area contributed by atoms with E-state index in [-0.39, 0.29) is 51.2 Å². The van der Waals surface area contributed by atoms with E-state index in [1.807, 2.05) is 54.6 Å². The van der Waals surface area contributed by atoms with Crippen LogP contribution in [0.1, 0.15) is 50.1 Å². The van der Waals surface area contributed by atoms with Crippen molar-refractivity contribution >= 4 is 34.7 Å². The molecule has 1 aromatic heterocycles. The van der Waals surface area contributed by atoms with Crippen molar-refractivity contribution < 1.29 is 33.8 Å². The first-order valence-electron chi connectivity index (χ1n) is 17.2. The predicted octanol–water partition coefficient (Wildman–Crippen LogP) is 2.92. The van der Waals surface area contributed by atoms with Gasteiger partial charge in [-0.25, -0.2) is 4.68 Å². The lowest BCUT2D eigenvalue weighted by molar-refractivity contribution is -0.149. The number of amides is 3. The number of aliphatic hydroxyl groups is 1. The summed E-state index contributed by atoms with van der Waals surface area (Å²) in [5, 5.41) is 21.1. The SMILES string of the molecule is C=CCCC(=O)OC[C@@H](NC(=O)[C@@H]1[C@H]2C(=O)N(CCCCO)[C@H](C(=O)N(CC=C)Cn3nnc4ccccc43)[C@]23CC[C@H]1O3)c1ccccc1. The second-order valence-corrected chi connectivity index (χ2v) is 13.1. The standard InChI is InChI=1S/C37H44N6O7/c1-3-5-17-30(45)49-23-27(25-13-7-6-8-14-25)38-34(46)31-29-18-19-37(50-29)32(31)35(47)42(21-11-12-22-44)33(37)36(48)41(20-4-2)24-43-28-16-10-9-15-26(28)39-40-43/h3-4,6-10,13-16,27,29,31-33,44H,1-2,5,11-12,17-24H2,(H,38,46)/t27-,29-,31+,32+,33-,37+/m1/s1. The van der Waals surface area contributed by atoms with Gasteiger partial charge in [0.2, 0.25) is 17.7 Å². The van der Waals surface area contributed by atoms with E-state index in [4.69, 9.17) is 9.47 Å². The highest BCUT2D eigenvalue weighted by atomic mass is 16.5. The van der Waals surface area contributed by atoms with Crippen molar-refractivity contribution in [2.45, 2.75) is 69.0 Å². The fourth-order valence-corrected chi connectivity index (χ4v) is 7.74. The molecule has 0 saturated carbocycles. The van der Waals surface area contributed by atoms with Gasteiger partial charge in [-0.1, -0.05) is 59.8 Å². The number of esters is 1. The first kappa shape index (κ1) is 35.0. The zero-order valence-electron chi connectivity index (χ0n) is 28.1. The van der Waals surface area contributed by atoms with Crippen LogP contribution in [0.15, 0.2) is 79.9 Å². The molecule has 3 aliphatic rings. The molecule has 3 aromatic rings. The van der Waals surface area contributed by atoms with Crippen LogP contribution < -0.4 is 5.32 Å². The summed E-state index contributed by atoms with van der Waals surface area (Å²) in [5.41, 5.74) is 0.962. The van der Waals surface area contributed by atoms with Gasteiger partial charge in [0.1, 0.15) is 30.4 Å². The Morgan fingerprint density at radius 3 is 2.66 bits per heavy atom. The molecule has 2 N–H and O–H groups in total. The minimum atomic E-state index is -1.22. The summed E-state index contributed by atoms with van der Waals surface area (Å²) in [4.78, 5) is 58.9. The number of aliphatic hydroxyl groups excluding tert-OH is 1. The quantitative estimate of drug-likeness (QED) is 0.124. The third-order valence-corrected chi connectivity index (χ3v) is 10.0. The highest BCUT2D eigenvalue weighted by Crippen LogP contribution is 2.58. The van der Waals surface area contributed by atoms with Gasteiger partial charge in [0, 0.05) is 26.1 Å². The molecule has 13 nitrogen and oxygen atoms in total. The Balaban J connectivity index is 1.28. The van der Waals surface area contributed by atoms with Crippen molar-refractivity contribution in [3.8, 4) is 0 Å². The molecule has 3 amide bonds. The van der Waals surface area contributed by atoms with Crippen LogP contribution in [0, 0.1) is 11.8 Å². The Kier molecular flexibility index (Phi) is 10.7. The molecule has 3 saturated heterocycles. The van der Waals surface area contributed by atoms with Gasteiger partial charge in [0.05, 0.1) is 29.5 Å². The Hall–Kier alpha value is -4.88. The van der Waals surface area contributed by atoms with Gasteiger partial charge in [-0.2, -0.15) is 0 Å². The molecule has 50 heavy (non-hydrogen) atoms. The number of fused-ring (bicyclic) bond motifs is 2. The first-order valence-corrected chi connectivity index (χ1v) is 17.2. The van der Waals surface area contributed by atoms with Crippen LogP contribution in [0.4, 0.5) is 0 Å². The van der Waals surface area contributed by atoms with Crippen molar-refractivity contribution in [3.63, 3.8) is 0 Å². The van der Waals surface area contributed by atoms with E-state index >= 15 is 0 Å². The molecule has 3 fully saturated rings. The molecule has 3 aliphatic heterocycles. The molecule has 1 spiro atoms. The molecule has 2 aromatic carbocycles. The number of aromatic nitrogens is 3. The van der Waals surface area contributed by atoms with E-state index in [0.29, 0.717) is 37.6 Å². The van der Waals surface area contributed by atoms with Crippen molar-refractivity contribution in [1.82, 2.24) is 30.1 Å². The number of unbranched alkanes of at least 4 members (excludes halogenated alkanes) is 1. The van der Waals surface area contributed by atoms with Gasteiger partial charge in [-0.05, 0) is 49.8 Å². The number of benzene rings is 2. The summed E-state index contributed by atoms with van der Waals surface area (Å²) >= 11 is 0. The van der Waals surface area contributed by atoms with E-state index in [2.05, 4.69) is 28.8 Å². The minimum Gasteiger partial charge on any atom is -0.463 e. The third-order valence-electron chi connectivity index (χ3n) is 10.0. The van der Waals surface area contributed by atoms with Crippen LogP contribution in [0.3, 0.4) is 0 Å². The van der Waals surface area contributed by atoms with E-state index in [1.54, 1.807) is 26.6 Å². The molecular weight excluding hydrogens is 640 g/mol. The van der Waals surface area contributed by atoms with Crippen LogP contribution in [-0.4, -0.2) is 97.6 Å². The molecule has 0 aliphatic carbocycles. The fourth-order valence-electron chi connectivity index (χ4n) is 7.74. The second-order valence-electron chi connectivity index (χ2n) is 13.1. The maximum atomic E-state index is 14.7. The Labute approximate surface area is 290 Å². The topological polar surface area (TPSA) is 156 Å². The zero-order valence-corrected chi connectivity index (χ0v) is 28.1. The normalized spacial score (nSPS) is 24.2. The van der Waals surface area contributed by atoms with Gasteiger partial charge in [0.15, 0.2) is 0 Å². The van der Waals surface area contributed by atoms with Crippen LogP contribution in [-0.2, 0) is 35.3 Å². The molecule has 0 radical (unpaired) electrons. The van der Waals surface area contributed by atoms with Crippen molar-refractivity contribution in [1.29, 1.82) is 0 Å². The molecule has 6 rings (SSSR count). The maximum Gasteiger partial charge on any atom is 0.306 e. The zero-order chi connectivity index (χ0) is 35.3. The largest absolute Gasteiger partial charge is 0.463 e. The number of carbonyl (C=O) groups is 4. The van der Waals surface area contributed by atoms with E-state index in [9.17, 15) is 24.3 Å². The highest BCUT2D eigenvalue weighted by Gasteiger charge is 2.74. The lowest BCUT2D eigenvalue weighted by Gasteiger charge is -2.36. The lowest BCUT2D eigenvalue weighted by Crippen LogP contribution is -2.56. The Morgan fingerprint density at radius 2 is 1.90 bits per heavy atom. The minimum absolute atomic E-state index is 0.0557. The van der Waals surface area contributed by atoms with Gasteiger partial charge >= 0.3 is 5.97 Å². The summed E-state index contributed by atoms with van der Waals surface area (Å²) in [6, 6.07) is 15.0. The number of hydrogen-bond acceptors (Lipinski definition) is 9. The predicted molar refractivity (Wildman–Crippen MR) is 183 cm³/mol. The average Bonchev–Trinajstić information content (AvgIpc) is 3.88. The number of allylic oxidation sites excluding steroid dienone is 1. The van der Waals surface area contributed by atoms with Crippen molar-refractivity contribution in [3.05, 3.63) is 85.5 Å². The highest BCUT2D eigenvalue weighted by molar-refractivity contribution is 5.99. The number of hydrogen-bond donors (Lipinski definition) is 2. The summed E-state index contributed by atoms with van der Waals surface area (Å²) in [6.07, 6.45) is 5.18. The van der Waals surface area contributed by atoms with E-state index in [1.165, 1.54) is 0 Å². The molecule has 264 valence electrons. The van der Waals surface area contributed by atoms with Gasteiger partial charge in [0.25, 0.3) is 0 Å². The molecule has 4 heterocycles. The van der Waals surface area contributed by atoms with E-state index < -0.39 is 47.5 Å². The van der Waals surface area contributed by atoms with Crippen LogP contribution in [0.25, 0.3) is 11.0 Å². The summed E-state index contributed by atoms with van der Waals surface area (Å²) < 4.78 is 13.8. The molecule has 2 bridgehead atoms. The molecule has 6 atom stereocenters. The first-order chi connectivity index (χ1) is 24.3. The molecule has 13 heteroatoms. The number of nitrogens with zero attached hydrogens (tertiary/aromatic N) is 5. The van der Waals surface area contributed by atoms with Crippen LogP contribution >= 0.6 is 0 Å². The third kappa shape index (κ3) is 6.67. The lowest BCUT2D eigenvalue weighted by atomic mass is 9.70. The Morgan fingerprint density at radius 1 is 1.12 bits per heavy atom. The number of nitrogens with one attached hydrogen (secondary N) is 1. The number of rotatable bonds is 17. The maximum absolute atomic E-state index is 14.7. The average molecular weight is 685 g/mol. The number of carbonyl (C=O) groups excluding carboxylic acids is 4. The van der Waals surface area contributed by atoms with Gasteiger partial charge in [-0.15, -0.1) is 18.3 Å².